The summed E-state index contributed by atoms with van der Waals surface area (Å²) in [6.45, 7) is 7.75. The number of aliphatic imine (C=N–C) groups is 1. The first-order valence-corrected chi connectivity index (χ1v) is 33.6. The molecular formula is C62H99F3N16O22S. The number of halogens is 3. The van der Waals surface area contributed by atoms with Crippen LogP contribution in [0.25, 0.3) is 0 Å². The first-order chi connectivity index (χ1) is 48.5. The molecule has 0 bridgehead atoms. The van der Waals surface area contributed by atoms with E-state index in [4.69, 9.17) is 32.8 Å². The number of nitrogens with zero attached hydrogens (tertiary/aromatic N) is 2. The monoisotopic (exact) mass is 1510 g/mol. The molecule has 1 aliphatic heterocycles. The number of aliphatic hydroxyl groups excluding tert-OH is 3. The molecule has 0 aromatic heterocycles. The van der Waals surface area contributed by atoms with Crippen molar-refractivity contribution >= 4 is 107 Å². The van der Waals surface area contributed by atoms with Gasteiger partial charge in [0.15, 0.2) is 12.0 Å². The summed E-state index contributed by atoms with van der Waals surface area (Å²) in [6, 6.07) is -10.8. The lowest BCUT2D eigenvalue weighted by Crippen LogP contribution is -2.62. The first kappa shape index (κ1) is 92.5. The second kappa shape index (κ2) is 46.2. The number of guanidine groups is 1. The maximum absolute atomic E-state index is 14.6. The Labute approximate surface area is 601 Å². The highest BCUT2D eigenvalue weighted by Crippen LogP contribution is 2.21. The van der Waals surface area contributed by atoms with Gasteiger partial charge in [0, 0.05) is 31.7 Å². The van der Waals surface area contributed by atoms with Gasteiger partial charge < -0.3 is 117 Å². The van der Waals surface area contributed by atoms with Gasteiger partial charge in [-0.2, -0.15) is 25.8 Å². The van der Waals surface area contributed by atoms with Crippen molar-refractivity contribution in [1.29, 1.82) is 0 Å². The normalized spacial score (nSPS) is 16.4. The van der Waals surface area contributed by atoms with Gasteiger partial charge in [0.2, 0.25) is 65.0 Å². The molecule has 1 aromatic carbocycles. The third-order valence-electron chi connectivity index (χ3n) is 15.5. The van der Waals surface area contributed by atoms with Gasteiger partial charge in [-0.15, -0.1) is 0 Å². The fourth-order valence-corrected chi connectivity index (χ4v) is 10.1. The molecule has 0 saturated carbocycles. The predicted octanol–water partition coefficient (Wildman–Crippen LogP) is -5.98. The predicted molar refractivity (Wildman–Crippen MR) is 364 cm³/mol. The van der Waals surface area contributed by atoms with E-state index in [-0.39, 0.29) is 82.9 Å². The van der Waals surface area contributed by atoms with Crippen LogP contribution in [0.3, 0.4) is 0 Å². The molecule has 586 valence electrons. The van der Waals surface area contributed by atoms with Gasteiger partial charge in [-0.3, -0.25) is 67.3 Å². The average molecular weight is 1510 g/mol. The summed E-state index contributed by atoms with van der Waals surface area (Å²) < 4.78 is 31.7. The van der Waals surface area contributed by atoms with E-state index in [1.54, 1.807) is 58.0 Å². The summed E-state index contributed by atoms with van der Waals surface area (Å²) in [5.74, 6) is -20.0. The summed E-state index contributed by atoms with van der Waals surface area (Å²) in [7, 11) is 0. The number of aliphatic hydroxyl groups is 3. The van der Waals surface area contributed by atoms with Crippen LogP contribution in [0, 0.1) is 11.8 Å². The van der Waals surface area contributed by atoms with Crippen LogP contribution in [0.15, 0.2) is 35.3 Å². The Morgan fingerprint density at radius 3 is 1.57 bits per heavy atom. The van der Waals surface area contributed by atoms with E-state index in [0.29, 0.717) is 12.0 Å². The summed E-state index contributed by atoms with van der Waals surface area (Å²) in [4.78, 5) is 202. The zero-order chi connectivity index (χ0) is 79.5. The van der Waals surface area contributed by atoms with Crippen LogP contribution in [0.1, 0.15) is 118 Å². The van der Waals surface area contributed by atoms with Crippen molar-refractivity contribution in [3.63, 3.8) is 0 Å². The zero-order valence-electron chi connectivity index (χ0n) is 58.2. The zero-order valence-corrected chi connectivity index (χ0v) is 59.1. The number of carbonyl (C=O) groups excluding carboxylic acids is 11. The van der Waals surface area contributed by atoms with Crippen LogP contribution < -0.4 is 76.1 Å². The van der Waals surface area contributed by atoms with Crippen molar-refractivity contribution in [2.24, 2.45) is 39.8 Å². The molecule has 0 radical (unpaired) electrons. The Hall–Kier alpha value is -9.52. The van der Waals surface area contributed by atoms with Crippen molar-refractivity contribution in [2.75, 3.05) is 32.0 Å². The van der Waals surface area contributed by atoms with Crippen molar-refractivity contribution in [3.8, 4) is 0 Å². The standard InChI is InChI=1S/C60H98N16O20S.C2HF3O2/c1-29(2)24-37(69-51(87)38(25-33-14-8-7-9-15-33)70-54(90)41(28-97)73-52(88)39(26-44(82)83)71-56(92)45(62)30(3)4)50(86)72-40(27-77)53(89)68-36(17-12-22-65-60(63)64)58(94)76-23-13-18-42(76)55(91)74-46(31(5)78)57(93)67-35(19-20-43(80)81)48(84)66-34(16-10-11-21-61)49(85)75-47(32(6)79)59(95)96;3-2(4,5)1(6)7/h7-9,14-15,29-32,34-42,45-47,77-79,97H,10-13,16-28,61-62H2,1-6H3,(H,66,84)(H,67,93)(H,68,89)(H,69,87)(H,70,90)(H,71,92)(H,72,86)(H,73,88)(H,74,91)(H,75,85)(H,80,81)(H,82,83)(H,95,96)(H4,63,64,65);(H,6,7)/t31-,32-,34+,35+,36+,37+,38+,39+,40+,41+,42+,45+,46+,47+;/m1./s1. The number of unbranched alkanes of at least 4 members (excludes halogenated alkanes) is 1. The van der Waals surface area contributed by atoms with Crippen LogP contribution in [0.5, 0.6) is 0 Å². The Kier molecular flexibility index (Phi) is 41.1. The lowest BCUT2D eigenvalue weighted by molar-refractivity contribution is -0.192. The number of hydrogen-bond acceptors (Lipinski definition) is 22. The summed E-state index contributed by atoms with van der Waals surface area (Å²) in [6.07, 6.45) is -10.5. The minimum Gasteiger partial charge on any atom is -0.481 e. The SMILES string of the molecule is CC(C)C[C@H](NC(=O)[C@H](Cc1ccccc1)NC(=O)[C@H](CS)NC(=O)[C@H](CC(=O)O)NC(=O)[C@@H](N)C(C)C)C(=O)N[C@@H](CO)C(=O)N[C@@H](CCCN=C(N)N)C(=O)N1CCC[C@H]1C(=O)N[C@H](C(=O)N[C@@H](CCC(=O)O)C(=O)N[C@@H](CCCCN)C(=O)N[C@H](C(=O)O)[C@@H](C)O)[C@@H](C)O.O=C(O)C(F)(F)F. The fourth-order valence-electron chi connectivity index (χ4n) is 9.86. The lowest BCUT2D eigenvalue weighted by atomic mass is 10.0. The number of rotatable bonds is 44. The minimum atomic E-state index is -5.08. The molecule has 2 rings (SSSR count). The number of likely N-dealkylation sites (tertiary alicyclic amines) is 1. The molecule has 1 fully saturated rings. The first-order valence-electron chi connectivity index (χ1n) is 32.9. The number of carbonyl (C=O) groups is 15. The van der Waals surface area contributed by atoms with Gasteiger partial charge >= 0.3 is 30.1 Å². The van der Waals surface area contributed by atoms with Crippen LogP contribution in [0.4, 0.5) is 13.2 Å². The van der Waals surface area contributed by atoms with Crippen LogP contribution in [-0.2, 0) is 78.3 Å². The molecule has 1 heterocycles. The van der Waals surface area contributed by atoms with Crippen molar-refractivity contribution in [2.45, 2.75) is 209 Å². The Morgan fingerprint density at radius 1 is 0.587 bits per heavy atom. The molecule has 0 spiro atoms. The summed E-state index contributed by atoms with van der Waals surface area (Å²) in [5.41, 5.74) is 23.1. The van der Waals surface area contributed by atoms with Gasteiger partial charge in [0.1, 0.15) is 60.4 Å². The van der Waals surface area contributed by atoms with Gasteiger partial charge in [-0.1, -0.05) is 58.0 Å². The Balaban J connectivity index is 0.00000731. The molecular weight excluding hydrogens is 1410 g/mol. The molecule has 25 N–H and O–H groups in total. The topological polar surface area (TPSA) is 638 Å². The van der Waals surface area contributed by atoms with E-state index in [1.165, 1.54) is 0 Å². The number of carboxylic acids is 4. The highest BCUT2D eigenvalue weighted by Gasteiger charge is 2.43. The Bertz CT molecular complexity index is 3120. The Morgan fingerprint density at radius 2 is 1.06 bits per heavy atom. The number of alkyl halides is 3. The molecule has 1 saturated heterocycles. The molecule has 11 amide bonds. The van der Waals surface area contributed by atoms with Crippen LogP contribution in [0.2, 0.25) is 0 Å². The molecule has 1 aliphatic rings. The van der Waals surface area contributed by atoms with Crippen LogP contribution in [-0.4, -0.2) is 258 Å². The lowest BCUT2D eigenvalue weighted by Gasteiger charge is -2.31. The van der Waals surface area contributed by atoms with E-state index >= 15 is 0 Å². The third-order valence-corrected chi connectivity index (χ3v) is 15.9. The number of nitrogens with one attached hydrogen (secondary N) is 10. The quantitative estimate of drug-likeness (QED) is 0.0125. The third kappa shape index (κ3) is 33.7. The number of thiol groups is 1. The molecule has 0 unspecified atom stereocenters. The van der Waals surface area contributed by atoms with E-state index in [1.807, 2.05) is 0 Å². The molecule has 104 heavy (non-hydrogen) atoms. The van der Waals surface area contributed by atoms with Crippen molar-refractivity contribution < 1.29 is 121 Å². The number of carboxylic acid groups (broad SMARTS) is 4. The summed E-state index contributed by atoms with van der Waals surface area (Å²) >= 11 is 4.20. The van der Waals surface area contributed by atoms with Gasteiger partial charge in [-0.25, -0.2) is 9.59 Å². The van der Waals surface area contributed by atoms with E-state index < -0.39 is 217 Å². The van der Waals surface area contributed by atoms with E-state index in [0.717, 1.165) is 18.7 Å². The largest absolute Gasteiger partial charge is 0.490 e. The molecule has 42 heteroatoms. The van der Waals surface area contributed by atoms with Crippen molar-refractivity contribution in [1.82, 2.24) is 58.1 Å². The fraction of sp³-hybridized carbons (Fsp3) is 0.645. The molecule has 14 atom stereocenters. The van der Waals surface area contributed by atoms with Gasteiger partial charge in [0.05, 0.1) is 31.3 Å². The van der Waals surface area contributed by atoms with E-state index in [2.05, 4.69) is 70.8 Å². The van der Waals surface area contributed by atoms with Gasteiger partial charge in [-0.05, 0) is 95.6 Å². The number of hydrogen-bond donors (Lipinski definition) is 22. The molecule has 1 aromatic rings. The second-order valence-electron chi connectivity index (χ2n) is 25.0. The number of amides is 11. The minimum absolute atomic E-state index is 0.0154. The number of benzene rings is 1. The highest BCUT2D eigenvalue weighted by molar-refractivity contribution is 7.80. The molecule has 38 nitrogen and oxygen atoms in total. The second-order valence-corrected chi connectivity index (χ2v) is 25.4. The van der Waals surface area contributed by atoms with Gasteiger partial charge in [0.25, 0.3) is 0 Å². The van der Waals surface area contributed by atoms with Crippen molar-refractivity contribution in [3.05, 3.63) is 35.9 Å². The highest BCUT2D eigenvalue weighted by atomic mass is 32.1. The average Bonchev–Trinajstić information content (AvgIpc) is 1.60. The smallest absolute Gasteiger partial charge is 0.481 e. The molecule has 0 aliphatic carbocycles. The number of nitrogens with two attached hydrogens (primary N) is 4. The number of aliphatic carboxylic acids is 4. The van der Waals surface area contributed by atoms with E-state index in [9.17, 15) is 111 Å². The maximum atomic E-state index is 14.6. The van der Waals surface area contributed by atoms with Crippen LogP contribution >= 0.6 is 12.6 Å². The maximum Gasteiger partial charge on any atom is 0.490 e. The summed E-state index contributed by atoms with van der Waals surface area (Å²) in [5, 5.41) is 91.1.